The van der Waals surface area contributed by atoms with Gasteiger partial charge in [0.25, 0.3) is 0 Å². The predicted molar refractivity (Wildman–Crippen MR) is 96.3 cm³/mol. The third-order valence-corrected chi connectivity index (χ3v) is 3.96. The van der Waals surface area contributed by atoms with E-state index >= 15 is 0 Å². The Hall–Kier alpha value is -3.09. The molecule has 1 aromatic heterocycles. The summed E-state index contributed by atoms with van der Waals surface area (Å²) in [6.07, 6.45) is -1.02. The van der Waals surface area contributed by atoms with Crippen molar-refractivity contribution < 1.29 is 23.9 Å². The molecule has 0 unspecified atom stereocenters. The number of carbonyl (C=O) groups excluding carboxylic acids is 3. The number of Topliss-reactive ketones (excluding diaryl/α,β-unsaturated/α-hetero) is 1. The van der Waals surface area contributed by atoms with Crippen LogP contribution < -0.4 is 5.73 Å². The van der Waals surface area contributed by atoms with Crippen LogP contribution in [0.15, 0.2) is 24.3 Å². The van der Waals surface area contributed by atoms with Crippen LogP contribution in [0, 0.1) is 13.8 Å². The Morgan fingerprint density at radius 2 is 1.73 bits per heavy atom. The Labute approximate surface area is 151 Å². The smallest absolute Gasteiger partial charge is 0.340 e. The molecule has 3 N–H and O–H groups in total. The third-order valence-electron chi connectivity index (χ3n) is 3.96. The van der Waals surface area contributed by atoms with E-state index in [9.17, 15) is 14.4 Å². The zero-order valence-electron chi connectivity index (χ0n) is 15.2. The molecule has 2 aromatic rings. The molecule has 0 aliphatic heterocycles. The number of aryl methyl sites for hydroxylation is 1. The maximum absolute atomic E-state index is 12.7. The van der Waals surface area contributed by atoms with E-state index < -0.39 is 23.8 Å². The highest BCUT2D eigenvalue weighted by atomic mass is 16.5. The summed E-state index contributed by atoms with van der Waals surface area (Å²) in [7, 11) is 0. The van der Waals surface area contributed by atoms with Crippen molar-refractivity contribution >= 4 is 23.4 Å². The molecule has 0 saturated carbocycles. The van der Waals surface area contributed by atoms with Crippen molar-refractivity contribution in [3.8, 4) is 0 Å². The highest BCUT2D eigenvalue weighted by Crippen LogP contribution is 2.21. The van der Waals surface area contributed by atoms with E-state index in [2.05, 4.69) is 4.98 Å². The summed E-state index contributed by atoms with van der Waals surface area (Å²) in [5, 5.41) is 0. The Bertz CT molecular complexity index is 836. The zero-order chi connectivity index (χ0) is 19.4. The van der Waals surface area contributed by atoms with Crippen LogP contribution in [0.5, 0.6) is 0 Å². The number of nitrogens with one attached hydrogen (secondary N) is 1. The van der Waals surface area contributed by atoms with Crippen LogP contribution in [0.4, 0.5) is 5.69 Å². The van der Waals surface area contributed by atoms with Gasteiger partial charge >= 0.3 is 11.9 Å². The van der Waals surface area contributed by atoms with E-state index in [0.29, 0.717) is 28.1 Å². The van der Waals surface area contributed by atoms with Gasteiger partial charge in [0, 0.05) is 11.4 Å². The van der Waals surface area contributed by atoms with Gasteiger partial charge in [0.05, 0.1) is 23.4 Å². The van der Waals surface area contributed by atoms with Gasteiger partial charge in [-0.2, -0.15) is 0 Å². The second-order valence-electron chi connectivity index (χ2n) is 5.88. The molecule has 1 aromatic carbocycles. The molecule has 26 heavy (non-hydrogen) atoms. The number of esters is 2. The molecule has 0 saturated heterocycles. The lowest BCUT2D eigenvalue weighted by Crippen LogP contribution is -2.25. The summed E-state index contributed by atoms with van der Waals surface area (Å²) in [5.74, 6) is -1.55. The van der Waals surface area contributed by atoms with E-state index in [1.807, 2.05) is 0 Å². The summed E-state index contributed by atoms with van der Waals surface area (Å²) in [6.45, 7) is 6.76. The molecule has 0 amide bonds. The Kier molecular flexibility index (Phi) is 5.82. The number of carbonyl (C=O) groups is 3. The van der Waals surface area contributed by atoms with Crippen LogP contribution in [0.25, 0.3) is 0 Å². The number of anilines is 1. The molecule has 7 nitrogen and oxygen atoms in total. The number of benzene rings is 1. The quantitative estimate of drug-likeness (QED) is 0.466. The lowest BCUT2D eigenvalue weighted by molar-refractivity contribution is 0.0316. The first-order valence-corrected chi connectivity index (χ1v) is 8.23. The van der Waals surface area contributed by atoms with Gasteiger partial charge in [0.15, 0.2) is 6.10 Å². The molecular formula is C19H22N2O5. The van der Waals surface area contributed by atoms with Crippen molar-refractivity contribution in [2.45, 2.75) is 33.8 Å². The molecule has 0 fully saturated rings. The first-order chi connectivity index (χ1) is 12.3. The van der Waals surface area contributed by atoms with Crippen molar-refractivity contribution in [3.63, 3.8) is 0 Å². The molecule has 0 bridgehead atoms. The normalized spacial score (nSPS) is 11.7. The molecule has 0 spiro atoms. The zero-order valence-corrected chi connectivity index (χ0v) is 15.2. The first-order valence-electron chi connectivity index (χ1n) is 8.23. The van der Waals surface area contributed by atoms with Crippen LogP contribution in [-0.4, -0.2) is 35.4 Å². The molecule has 7 heteroatoms. The van der Waals surface area contributed by atoms with Crippen LogP contribution in [0.1, 0.15) is 56.3 Å². The van der Waals surface area contributed by atoms with Crippen molar-refractivity contribution in [2.24, 2.45) is 0 Å². The molecule has 0 radical (unpaired) electrons. The van der Waals surface area contributed by atoms with Crippen LogP contribution in [0.2, 0.25) is 0 Å². The predicted octanol–water partition coefficient (Wildman–Crippen LogP) is 2.82. The number of nitrogen functional groups attached to an aromatic ring is 1. The highest BCUT2D eigenvalue weighted by molar-refractivity contribution is 6.04. The van der Waals surface area contributed by atoms with Gasteiger partial charge in [-0.05, 0) is 57.5 Å². The number of ether oxygens (including phenoxy) is 2. The van der Waals surface area contributed by atoms with Crippen molar-refractivity contribution in [1.82, 2.24) is 4.98 Å². The van der Waals surface area contributed by atoms with E-state index in [4.69, 9.17) is 15.2 Å². The van der Waals surface area contributed by atoms with E-state index in [1.165, 1.54) is 19.1 Å². The van der Waals surface area contributed by atoms with Gasteiger partial charge in [-0.15, -0.1) is 0 Å². The molecule has 138 valence electrons. The average Bonchev–Trinajstić information content (AvgIpc) is 2.89. The standard InChI is InChI=1S/C19H22N2O5/c1-5-25-19(24)15-10(2)16(21-11(15)3)17(22)12(4)26-18(23)13-6-8-14(20)9-7-13/h6-9,12,21H,5,20H2,1-4H3/t12-/m0/s1. The minimum atomic E-state index is -1.02. The van der Waals surface area contributed by atoms with Gasteiger partial charge in [-0.25, -0.2) is 9.59 Å². The van der Waals surface area contributed by atoms with Crippen molar-refractivity contribution in [3.05, 3.63) is 52.3 Å². The third kappa shape index (κ3) is 3.93. The molecule has 1 atom stereocenters. The van der Waals surface area contributed by atoms with Gasteiger partial charge in [0.1, 0.15) is 0 Å². The average molecular weight is 358 g/mol. The fourth-order valence-corrected chi connectivity index (χ4v) is 2.61. The fraction of sp³-hybridized carbons (Fsp3) is 0.316. The van der Waals surface area contributed by atoms with Gasteiger partial charge in [0.2, 0.25) is 5.78 Å². The van der Waals surface area contributed by atoms with Crippen LogP contribution >= 0.6 is 0 Å². The monoisotopic (exact) mass is 358 g/mol. The minimum Gasteiger partial charge on any atom is -0.462 e. The largest absolute Gasteiger partial charge is 0.462 e. The second kappa shape index (κ2) is 7.86. The van der Waals surface area contributed by atoms with Crippen molar-refractivity contribution in [1.29, 1.82) is 0 Å². The van der Waals surface area contributed by atoms with E-state index in [-0.39, 0.29) is 12.3 Å². The molecule has 0 aliphatic carbocycles. The molecule has 0 aliphatic rings. The maximum Gasteiger partial charge on any atom is 0.340 e. The Balaban J connectivity index is 2.18. The Morgan fingerprint density at radius 3 is 2.31 bits per heavy atom. The number of aromatic nitrogens is 1. The first kappa shape index (κ1) is 19.2. The fourth-order valence-electron chi connectivity index (χ4n) is 2.61. The lowest BCUT2D eigenvalue weighted by atomic mass is 10.1. The SMILES string of the molecule is CCOC(=O)c1c(C)[nH]c(C(=O)[C@H](C)OC(=O)c2ccc(N)cc2)c1C. The number of rotatable bonds is 6. The van der Waals surface area contributed by atoms with Gasteiger partial charge < -0.3 is 20.2 Å². The second-order valence-corrected chi connectivity index (χ2v) is 5.88. The number of ketones is 1. The summed E-state index contributed by atoms with van der Waals surface area (Å²) >= 11 is 0. The number of hydrogen-bond acceptors (Lipinski definition) is 6. The van der Waals surface area contributed by atoms with Gasteiger partial charge in [-0.1, -0.05) is 0 Å². The van der Waals surface area contributed by atoms with Gasteiger partial charge in [-0.3, -0.25) is 4.79 Å². The molecule has 2 rings (SSSR count). The molecule has 1 heterocycles. The summed E-state index contributed by atoms with van der Waals surface area (Å²) in [5.41, 5.74) is 7.96. The van der Waals surface area contributed by atoms with E-state index in [0.717, 1.165) is 0 Å². The van der Waals surface area contributed by atoms with Crippen LogP contribution in [0.3, 0.4) is 0 Å². The maximum atomic E-state index is 12.7. The lowest BCUT2D eigenvalue weighted by Gasteiger charge is -2.12. The number of hydrogen-bond donors (Lipinski definition) is 2. The topological polar surface area (TPSA) is 111 Å². The Morgan fingerprint density at radius 1 is 1.12 bits per heavy atom. The highest BCUT2D eigenvalue weighted by Gasteiger charge is 2.27. The summed E-state index contributed by atoms with van der Waals surface area (Å²) in [6, 6.07) is 6.20. The number of H-pyrrole nitrogens is 1. The van der Waals surface area contributed by atoms with E-state index in [1.54, 1.807) is 32.9 Å². The number of aromatic amines is 1. The molecular weight excluding hydrogens is 336 g/mol. The van der Waals surface area contributed by atoms with Crippen molar-refractivity contribution in [2.75, 3.05) is 12.3 Å². The van der Waals surface area contributed by atoms with Crippen LogP contribution in [-0.2, 0) is 9.47 Å². The minimum absolute atomic E-state index is 0.225. The summed E-state index contributed by atoms with van der Waals surface area (Å²) in [4.78, 5) is 39.7. The summed E-state index contributed by atoms with van der Waals surface area (Å²) < 4.78 is 10.2. The number of nitrogens with two attached hydrogens (primary N) is 1.